The van der Waals surface area contributed by atoms with Crippen LogP contribution in [0.4, 0.5) is 0 Å². The van der Waals surface area contributed by atoms with Crippen molar-refractivity contribution >= 4 is 39.3 Å². The van der Waals surface area contributed by atoms with Gasteiger partial charge < -0.3 is 19.9 Å². The SMILES string of the molecule is O=C(NCCCN1CCCCC1)c1ccc2cn(Cc3cccc(I)c3)c(O)c2c1. The standard InChI is InChI=1S/C24H28IN3O2/c25-21-7-4-6-18(14-21)16-28-17-20-9-8-19(15-22(20)24(28)30)23(29)26-10-5-13-27-11-2-1-3-12-27/h4,6-9,14-15,17,30H,1-3,5,10-13,16H2,(H,26,29). The molecule has 0 atom stereocenters. The number of aromatic hydroxyl groups is 1. The van der Waals surface area contributed by atoms with Crippen molar-refractivity contribution in [1.82, 2.24) is 14.8 Å². The number of hydrogen-bond acceptors (Lipinski definition) is 3. The van der Waals surface area contributed by atoms with Crippen LogP contribution < -0.4 is 5.32 Å². The van der Waals surface area contributed by atoms with Crippen LogP contribution in [0.2, 0.25) is 0 Å². The number of carbonyl (C=O) groups excluding carboxylic acids is 1. The first-order valence-electron chi connectivity index (χ1n) is 10.7. The van der Waals surface area contributed by atoms with E-state index in [0.29, 0.717) is 24.0 Å². The number of likely N-dealkylation sites (tertiary alicyclic amines) is 1. The zero-order chi connectivity index (χ0) is 20.9. The summed E-state index contributed by atoms with van der Waals surface area (Å²) >= 11 is 2.29. The van der Waals surface area contributed by atoms with Gasteiger partial charge in [0.1, 0.15) is 0 Å². The van der Waals surface area contributed by atoms with E-state index in [0.717, 1.165) is 23.9 Å². The topological polar surface area (TPSA) is 57.5 Å². The Morgan fingerprint density at radius 1 is 1.10 bits per heavy atom. The highest BCUT2D eigenvalue weighted by atomic mass is 127. The van der Waals surface area contributed by atoms with E-state index in [9.17, 15) is 9.90 Å². The van der Waals surface area contributed by atoms with E-state index >= 15 is 0 Å². The quantitative estimate of drug-likeness (QED) is 0.356. The minimum absolute atomic E-state index is 0.0830. The molecule has 6 heteroatoms. The second-order valence-electron chi connectivity index (χ2n) is 8.02. The van der Waals surface area contributed by atoms with Gasteiger partial charge in [0, 0.05) is 32.6 Å². The highest BCUT2D eigenvalue weighted by Gasteiger charge is 2.13. The Bertz CT molecular complexity index is 1020. The summed E-state index contributed by atoms with van der Waals surface area (Å²) in [4.78, 5) is 15.1. The monoisotopic (exact) mass is 517 g/mol. The van der Waals surface area contributed by atoms with E-state index in [1.54, 1.807) is 6.07 Å². The molecule has 1 saturated heterocycles. The lowest BCUT2D eigenvalue weighted by Gasteiger charge is -2.26. The van der Waals surface area contributed by atoms with Crippen molar-refractivity contribution in [2.45, 2.75) is 32.2 Å². The van der Waals surface area contributed by atoms with Gasteiger partial charge in [-0.15, -0.1) is 0 Å². The number of aromatic nitrogens is 1. The molecule has 1 aromatic heterocycles. The largest absolute Gasteiger partial charge is 0.494 e. The highest BCUT2D eigenvalue weighted by Crippen LogP contribution is 2.29. The van der Waals surface area contributed by atoms with Gasteiger partial charge in [-0.1, -0.05) is 24.6 Å². The van der Waals surface area contributed by atoms with Crippen LogP contribution in [0.15, 0.2) is 48.7 Å². The zero-order valence-electron chi connectivity index (χ0n) is 17.1. The summed E-state index contributed by atoms with van der Waals surface area (Å²) in [6.07, 6.45) is 6.82. The molecule has 0 bridgehead atoms. The summed E-state index contributed by atoms with van der Waals surface area (Å²) in [5.74, 6) is 0.115. The first kappa shape index (κ1) is 21.2. The molecular formula is C24H28IN3O2. The molecule has 0 spiro atoms. The Labute approximate surface area is 191 Å². The molecule has 1 aliphatic rings. The third kappa shape index (κ3) is 5.16. The van der Waals surface area contributed by atoms with Crippen LogP contribution in [0, 0.1) is 3.57 Å². The van der Waals surface area contributed by atoms with E-state index in [2.05, 4.69) is 44.9 Å². The first-order chi connectivity index (χ1) is 14.6. The fourth-order valence-corrected chi connectivity index (χ4v) is 4.74. The normalized spacial score (nSPS) is 14.8. The number of nitrogens with one attached hydrogen (secondary N) is 1. The van der Waals surface area contributed by atoms with Gasteiger partial charge in [0.2, 0.25) is 0 Å². The number of rotatable bonds is 7. The lowest BCUT2D eigenvalue weighted by molar-refractivity contribution is 0.0951. The molecule has 1 fully saturated rings. The molecule has 0 saturated carbocycles. The zero-order valence-corrected chi connectivity index (χ0v) is 19.3. The third-order valence-electron chi connectivity index (χ3n) is 5.75. The van der Waals surface area contributed by atoms with Gasteiger partial charge in [0.15, 0.2) is 5.88 Å². The van der Waals surface area contributed by atoms with Gasteiger partial charge in [-0.3, -0.25) is 4.79 Å². The fourth-order valence-electron chi connectivity index (χ4n) is 4.13. The van der Waals surface area contributed by atoms with Gasteiger partial charge in [-0.25, -0.2) is 0 Å². The molecule has 2 aromatic carbocycles. The van der Waals surface area contributed by atoms with E-state index in [1.165, 1.54) is 35.9 Å². The number of halogens is 1. The minimum atomic E-state index is -0.0830. The average Bonchev–Trinajstić information content (AvgIpc) is 3.06. The molecule has 158 valence electrons. The van der Waals surface area contributed by atoms with Crippen LogP contribution in [0.1, 0.15) is 41.6 Å². The van der Waals surface area contributed by atoms with E-state index in [-0.39, 0.29) is 11.8 Å². The van der Waals surface area contributed by atoms with E-state index < -0.39 is 0 Å². The second-order valence-corrected chi connectivity index (χ2v) is 9.27. The van der Waals surface area contributed by atoms with Crippen molar-refractivity contribution < 1.29 is 9.90 Å². The summed E-state index contributed by atoms with van der Waals surface area (Å²) < 4.78 is 3.00. The van der Waals surface area contributed by atoms with Crippen molar-refractivity contribution in [3.63, 3.8) is 0 Å². The first-order valence-corrected chi connectivity index (χ1v) is 11.7. The maximum Gasteiger partial charge on any atom is 0.251 e. The number of nitrogens with zero attached hydrogens (tertiary/aromatic N) is 2. The van der Waals surface area contributed by atoms with Crippen molar-refractivity contribution in [3.05, 3.63) is 63.4 Å². The average molecular weight is 517 g/mol. The maximum absolute atomic E-state index is 12.6. The molecule has 0 aliphatic carbocycles. The third-order valence-corrected chi connectivity index (χ3v) is 6.42. The van der Waals surface area contributed by atoms with Gasteiger partial charge >= 0.3 is 0 Å². The van der Waals surface area contributed by atoms with E-state index in [4.69, 9.17) is 0 Å². The van der Waals surface area contributed by atoms with Gasteiger partial charge in [-0.05, 0) is 91.3 Å². The number of piperidine rings is 1. The lowest BCUT2D eigenvalue weighted by atomic mass is 10.1. The number of benzene rings is 2. The summed E-state index contributed by atoms with van der Waals surface area (Å²) in [7, 11) is 0. The van der Waals surface area contributed by atoms with Crippen molar-refractivity contribution in [2.24, 2.45) is 0 Å². The van der Waals surface area contributed by atoms with Crippen LogP contribution >= 0.6 is 22.6 Å². The summed E-state index contributed by atoms with van der Waals surface area (Å²) in [6.45, 7) is 4.68. The molecule has 5 nitrogen and oxygen atoms in total. The lowest BCUT2D eigenvalue weighted by Crippen LogP contribution is -2.33. The van der Waals surface area contributed by atoms with Crippen LogP contribution in [-0.4, -0.2) is 46.7 Å². The molecule has 3 aromatic rings. The molecule has 2 heterocycles. The Morgan fingerprint density at radius 2 is 1.93 bits per heavy atom. The molecule has 0 radical (unpaired) electrons. The van der Waals surface area contributed by atoms with Crippen LogP contribution in [0.25, 0.3) is 10.8 Å². The van der Waals surface area contributed by atoms with Crippen molar-refractivity contribution in [3.8, 4) is 5.88 Å². The molecular weight excluding hydrogens is 489 g/mol. The predicted molar refractivity (Wildman–Crippen MR) is 129 cm³/mol. The smallest absolute Gasteiger partial charge is 0.251 e. The molecule has 30 heavy (non-hydrogen) atoms. The summed E-state index contributed by atoms with van der Waals surface area (Å²) in [5.41, 5.74) is 1.71. The number of fused-ring (bicyclic) bond motifs is 1. The summed E-state index contributed by atoms with van der Waals surface area (Å²) in [5, 5.41) is 15.4. The van der Waals surface area contributed by atoms with Crippen LogP contribution in [0.3, 0.4) is 0 Å². The second kappa shape index (κ2) is 9.83. The Balaban J connectivity index is 1.38. The molecule has 1 aliphatic heterocycles. The molecule has 2 N–H and O–H groups in total. The number of carbonyl (C=O) groups is 1. The van der Waals surface area contributed by atoms with Crippen molar-refractivity contribution in [2.75, 3.05) is 26.2 Å². The van der Waals surface area contributed by atoms with Crippen molar-refractivity contribution in [1.29, 1.82) is 0 Å². The molecule has 0 unspecified atom stereocenters. The fraction of sp³-hybridized carbons (Fsp3) is 0.375. The number of hydrogen-bond donors (Lipinski definition) is 2. The highest BCUT2D eigenvalue weighted by molar-refractivity contribution is 14.1. The Kier molecular flexibility index (Phi) is 6.94. The van der Waals surface area contributed by atoms with E-state index in [1.807, 2.05) is 35.0 Å². The van der Waals surface area contributed by atoms with Gasteiger partial charge in [0.25, 0.3) is 5.91 Å². The molecule has 4 rings (SSSR count). The Morgan fingerprint density at radius 3 is 2.73 bits per heavy atom. The van der Waals surface area contributed by atoms with Crippen LogP contribution in [-0.2, 0) is 6.54 Å². The van der Waals surface area contributed by atoms with Gasteiger partial charge in [-0.2, -0.15) is 0 Å². The molecule has 1 amide bonds. The van der Waals surface area contributed by atoms with Crippen LogP contribution in [0.5, 0.6) is 5.88 Å². The minimum Gasteiger partial charge on any atom is -0.494 e. The summed E-state index contributed by atoms with van der Waals surface area (Å²) in [6, 6.07) is 13.7. The Hall–Kier alpha value is -2.06. The van der Waals surface area contributed by atoms with Gasteiger partial charge in [0.05, 0.1) is 6.54 Å². The maximum atomic E-state index is 12.6. The predicted octanol–water partition coefficient (Wildman–Crippen LogP) is 4.61. The number of amides is 1.